The van der Waals surface area contributed by atoms with E-state index < -0.39 is 0 Å². The van der Waals surface area contributed by atoms with Crippen molar-refractivity contribution in [3.05, 3.63) is 90.1 Å². The van der Waals surface area contributed by atoms with E-state index in [-0.39, 0.29) is 17.4 Å². The van der Waals surface area contributed by atoms with Crippen LogP contribution in [0.15, 0.2) is 81.6 Å². The van der Waals surface area contributed by atoms with Gasteiger partial charge in [0.1, 0.15) is 22.9 Å². The molecule has 0 radical (unpaired) electrons. The molecule has 0 aliphatic rings. The summed E-state index contributed by atoms with van der Waals surface area (Å²) < 4.78 is 24.9. The lowest BCUT2D eigenvalue weighted by Gasteiger charge is -1.97. The number of hydrogen-bond donors (Lipinski definition) is 0. The maximum atomic E-state index is 13.8. The minimum absolute atomic E-state index is 0.262. The number of halogens is 1. The monoisotopic (exact) mass is 332 g/mol. The molecule has 25 heavy (non-hydrogen) atoms. The molecule has 4 rings (SSSR count). The summed E-state index contributed by atoms with van der Waals surface area (Å²) in [5.74, 6) is 0.515. The molecule has 0 saturated carbocycles. The Hall–Kier alpha value is -3.40. The Morgan fingerprint density at radius 1 is 0.920 bits per heavy atom. The molecule has 2 aromatic carbocycles. The van der Waals surface area contributed by atoms with Gasteiger partial charge in [-0.1, -0.05) is 30.3 Å². The second-order valence-electron chi connectivity index (χ2n) is 5.53. The first-order chi connectivity index (χ1) is 12.2. The van der Waals surface area contributed by atoms with E-state index in [0.717, 1.165) is 5.39 Å². The van der Waals surface area contributed by atoms with Crippen molar-refractivity contribution in [3.63, 3.8) is 0 Å². The first-order valence-electron chi connectivity index (χ1n) is 7.76. The summed E-state index contributed by atoms with van der Waals surface area (Å²) >= 11 is 0. The molecular formula is C21H13FO3. The molecule has 2 heterocycles. The zero-order valence-corrected chi connectivity index (χ0v) is 13.1. The third-order valence-corrected chi connectivity index (χ3v) is 3.83. The van der Waals surface area contributed by atoms with Crippen molar-refractivity contribution in [1.29, 1.82) is 0 Å². The molecule has 0 amide bonds. The molecule has 3 nitrogen and oxygen atoms in total. The Labute approximate surface area is 143 Å². The topological polar surface area (TPSA) is 43.4 Å². The van der Waals surface area contributed by atoms with Gasteiger partial charge in [-0.25, -0.2) is 4.39 Å². The number of hydrogen-bond acceptors (Lipinski definition) is 3. The quantitative estimate of drug-likeness (QED) is 0.354. The average molecular weight is 332 g/mol. The van der Waals surface area contributed by atoms with Crippen LogP contribution in [-0.4, -0.2) is 5.78 Å². The molecule has 0 fully saturated rings. The van der Waals surface area contributed by atoms with Crippen LogP contribution in [0.1, 0.15) is 16.3 Å². The maximum Gasteiger partial charge on any atom is 0.221 e. The Morgan fingerprint density at radius 2 is 1.72 bits per heavy atom. The molecule has 2 aromatic heterocycles. The fourth-order valence-electron chi connectivity index (χ4n) is 2.59. The van der Waals surface area contributed by atoms with Gasteiger partial charge in [-0.2, -0.15) is 0 Å². The first kappa shape index (κ1) is 15.1. The van der Waals surface area contributed by atoms with Crippen LogP contribution in [0.25, 0.3) is 28.4 Å². The average Bonchev–Trinajstić information content (AvgIpc) is 3.27. The van der Waals surface area contributed by atoms with E-state index in [9.17, 15) is 9.18 Å². The lowest BCUT2D eigenvalue weighted by atomic mass is 10.1. The van der Waals surface area contributed by atoms with Crippen molar-refractivity contribution in [1.82, 2.24) is 0 Å². The summed E-state index contributed by atoms with van der Waals surface area (Å²) in [5, 5.41) is 0.874. The number of para-hydroxylation sites is 1. The number of allylic oxidation sites excluding steroid dienone is 1. The van der Waals surface area contributed by atoms with Crippen LogP contribution in [0.3, 0.4) is 0 Å². The normalized spacial score (nSPS) is 11.4. The molecule has 0 aliphatic heterocycles. The SMILES string of the molecule is O=C(/C=C/c1ccc(-c2ccccc2F)o1)c1cc2ccccc2o1. The van der Waals surface area contributed by atoms with Gasteiger partial charge in [-0.3, -0.25) is 4.79 Å². The van der Waals surface area contributed by atoms with Crippen molar-refractivity contribution >= 4 is 22.8 Å². The van der Waals surface area contributed by atoms with E-state index in [1.165, 1.54) is 12.1 Å². The molecule has 0 atom stereocenters. The van der Waals surface area contributed by atoms with Gasteiger partial charge in [0.25, 0.3) is 0 Å². The Bertz CT molecular complexity index is 1050. The highest BCUT2D eigenvalue weighted by Gasteiger charge is 2.11. The van der Waals surface area contributed by atoms with Gasteiger partial charge in [-0.15, -0.1) is 0 Å². The van der Waals surface area contributed by atoms with Gasteiger partial charge < -0.3 is 8.83 Å². The molecule has 122 valence electrons. The number of furan rings is 2. The van der Waals surface area contributed by atoms with Crippen LogP contribution >= 0.6 is 0 Å². The summed E-state index contributed by atoms with van der Waals surface area (Å²) in [7, 11) is 0. The van der Waals surface area contributed by atoms with Crippen molar-refractivity contribution in [2.24, 2.45) is 0 Å². The first-order valence-corrected chi connectivity index (χ1v) is 7.76. The fourth-order valence-corrected chi connectivity index (χ4v) is 2.59. The molecule has 4 aromatic rings. The van der Waals surface area contributed by atoms with Crippen molar-refractivity contribution in [2.75, 3.05) is 0 Å². The van der Waals surface area contributed by atoms with Crippen molar-refractivity contribution in [3.8, 4) is 11.3 Å². The Morgan fingerprint density at radius 3 is 2.56 bits per heavy atom. The second-order valence-corrected chi connectivity index (χ2v) is 5.53. The van der Waals surface area contributed by atoms with Crippen LogP contribution in [0.5, 0.6) is 0 Å². The minimum Gasteiger partial charge on any atom is -0.457 e. The zero-order chi connectivity index (χ0) is 17.2. The molecule has 0 spiro atoms. The van der Waals surface area contributed by atoms with Crippen LogP contribution in [0.4, 0.5) is 4.39 Å². The number of carbonyl (C=O) groups is 1. The zero-order valence-electron chi connectivity index (χ0n) is 13.1. The summed E-state index contributed by atoms with van der Waals surface area (Å²) in [5.41, 5.74) is 1.05. The van der Waals surface area contributed by atoms with Crippen LogP contribution in [-0.2, 0) is 0 Å². The molecule has 0 saturated heterocycles. The van der Waals surface area contributed by atoms with Gasteiger partial charge in [0.2, 0.25) is 5.78 Å². The van der Waals surface area contributed by atoms with Gasteiger partial charge in [0.15, 0.2) is 5.76 Å². The Balaban J connectivity index is 1.56. The summed E-state index contributed by atoms with van der Waals surface area (Å²) in [6.07, 6.45) is 2.92. The standard InChI is InChI=1S/C21H13FO3/c22-17-7-3-2-6-16(17)20-12-10-15(24-20)9-11-18(23)21-13-14-5-1-4-8-19(14)25-21/h1-13H/b11-9+. The number of ketones is 1. The summed E-state index contributed by atoms with van der Waals surface area (Å²) in [6, 6.07) is 18.9. The van der Waals surface area contributed by atoms with E-state index in [2.05, 4.69) is 0 Å². The molecule has 0 bridgehead atoms. The fraction of sp³-hybridized carbons (Fsp3) is 0. The molecule has 0 unspecified atom stereocenters. The molecule has 0 N–H and O–H groups in total. The van der Waals surface area contributed by atoms with Gasteiger partial charge in [0.05, 0.1) is 5.56 Å². The van der Waals surface area contributed by atoms with Crippen LogP contribution in [0.2, 0.25) is 0 Å². The number of carbonyl (C=O) groups excluding carboxylic acids is 1. The van der Waals surface area contributed by atoms with Crippen molar-refractivity contribution < 1.29 is 18.0 Å². The van der Waals surface area contributed by atoms with Crippen LogP contribution < -0.4 is 0 Å². The van der Waals surface area contributed by atoms with Crippen molar-refractivity contribution in [2.45, 2.75) is 0 Å². The highest BCUT2D eigenvalue weighted by molar-refractivity contribution is 6.06. The third-order valence-electron chi connectivity index (χ3n) is 3.83. The van der Waals surface area contributed by atoms with E-state index >= 15 is 0 Å². The van der Waals surface area contributed by atoms with E-state index in [1.807, 2.05) is 24.3 Å². The smallest absolute Gasteiger partial charge is 0.221 e. The highest BCUT2D eigenvalue weighted by atomic mass is 19.1. The predicted molar refractivity (Wildman–Crippen MR) is 93.7 cm³/mol. The maximum absolute atomic E-state index is 13.8. The van der Waals surface area contributed by atoms with E-state index in [1.54, 1.807) is 42.5 Å². The second kappa shape index (κ2) is 6.24. The minimum atomic E-state index is -0.356. The number of benzene rings is 2. The summed E-state index contributed by atoms with van der Waals surface area (Å²) in [6.45, 7) is 0. The lowest BCUT2D eigenvalue weighted by molar-refractivity contribution is 0.102. The molecular weight excluding hydrogens is 319 g/mol. The van der Waals surface area contributed by atoms with Gasteiger partial charge in [0, 0.05) is 5.39 Å². The van der Waals surface area contributed by atoms with E-state index in [0.29, 0.717) is 22.7 Å². The highest BCUT2D eigenvalue weighted by Crippen LogP contribution is 2.25. The third kappa shape index (κ3) is 3.02. The largest absolute Gasteiger partial charge is 0.457 e. The molecule has 4 heteroatoms. The number of fused-ring (bicyclic) bond motifs is 1. The molecule has 0 aliphatic carbocycles. The lowest BCUT2D eigenvalue weighted by Crippen LogP contribution is -1.89. The van der Waals surface area contributed by atoms with Gasteiger partial charge >= 0.3 is 0 Å². The Kier molecular flexibility index (Phi) is 3.78. The van der Waals surface area contributed by atoms with Crippen LogP contribution in [0, 0.1) is 5.82 Å². The summed E-state index contributed by atoms with van der Waals surface area (Å²) in [4.78, 5) is 12.2. The number of rotatable bonds is 4. The van der Waals surface area contributed by atoms with E-state index in [4.69, 9.17) is 8.83 Å². The predicted octanol–water partition coefficient (Wildman–Crippen LogP) is 5.73. The van der Waals surface area contributed by atoms with Gasteiger partial charge in [-0.05, 0) is 48.6 Å².